The highest BCUT2D eigenvalue weighted by Gasteiger charge is 2.45. The van der Waals surface area contributed by atoms with Crippen molar-refractivity contribution in [2.45, 2.75) is 31.9 Å². The normalized spacial score (nSPS) is 52.9. The number of rotatable bonds is 0. The van der Waals surface area contributed by atoms with Crippen molar-refractivity contribution in [3.63, 3.8) is 0 Å². The van der Waals surface area contributed by atoms with Gasteiger partial charge in [0.05, 0.1) is 0 Å². The van der Waals surface area contributed by atoms with Gasteiger partial charge in [0, 0.05) is 0 Å². The summed E-state index contributed by atoms with van der Waals surface area (Å²) < 4.78 is 12.6. The molecule has 8 heavy (non-hydrogen) atoms. The lowest BCUT2D eigenvalue weighted by Crippen LogP contribution is -2.09. The number of alkyl halides is 1. The lowest BCUT2D eigenvalue weighted by molar-refractivity contribution is 0.233. The van der Waals surface area contributed by atoms with Gasteiger partial charge in [-0.15, -0.1) is 0 Å². The average Bonchev–Trinajstić information content (AvgIpc) is 2.45. The second-order valence-electron chi connectivity index (χ2n) is 3.11. The summed E-state index contributed by atoms with van der Waals surface area (Å²) in [6.07, 6.45) is 4.07. The molecule has 46 valence electrons. The molecule has 1 heteroatoms. The topological polar surface area (TPSA) is 0 Å². The fraction of sp³-hybridized carbons (Fsp3) is 1.00. The third-order valence-electron chi connectivity index (χ3n) is 2.50. The first-order valence-electron chi connectivity index (χ1n) is 3.52. The Morgan fingerprint density at radius 3 is 2.75 bits per heavy atom. The van der Waals surface area contributed by atoms with E-state index in [0.717, 1.165) is 18.8 Å². The van der Waals surface area contributed by atoms with Crippen LogP contribution in [0.3, 0.4) is 0 Å². The van der Waals surface area contributed by atoms with Crippen molar-refractivity contribution < 1.29 is 4.39 Å². The Bertz CT molecular complexity index is 101. The summed E-state index contributed by atoms with van der Waals surface area (Å²) in [7, 11) is 0. The van der Waals surface area contributed by atoms with Gasteiger partial charge in [0.25, 0.3) is 0 Å². The lowest BCUT2D eigenvalue weighted by atomic mass is 9.99. The van der Waals surface area contributed by atoms with Gasteiger partial charge in [-0.25, -0.2) is 4.39 Å². The smallest absolute Gasteiger partial charge is 0.103 e. The van der Waals surface area contributed by atoms with E-state index in [0.29, 0.717) is 5.92 Å². The van der Waals surface area contributed by atoms with Crippen molar-refractivity contribution >= 4 is 0 Å². The second-order valence-corrected chi connectivity index (χ2v) is 3.11. The molecule has 0 spiro atoms. The van der Waals surface area contributed by atoms with E-state index in [-0.39, 0.29) is 0 Å². The van der Waals surface area contributed by atoms with Gasteiger partial charge in [-0.1, -0.05) is 6.42 Å². The molecule has 0 nitrogen and oxygen atoms in total. The molecule has 2 saturated carbocycles. The molecule has 0 N–H and O–H groups in total. The van der Waals surface area contributed by atoms with Crippen molar-refractivity contribution in [1.29, 1.82) is 0 Å². The molecule has 0 bridgehead atoms. The zero-order valence-corrected chi connectivity index (χ0v) is 4.94. The van der Waals surface area contributed by atoms with E-state index in [1.165, 1.54) is 12.8 Å². The predicted octanol–water partition coefficient (Wildman–Crippen LogP) is 2.14. The molecular weight excluding hydrogens is 103 g/mol. The molecule has 3 unspecified atom stereocenters. The highest BCUT2D eigenvalue weighted by atomic mass is 19.1. The Kier molecular flexibility index (Phi) is 0.870. The summed E-state index contributed by atoms with van der Waals surface area (Å²) in [6.45, 7) is 0. The maximum atomic E-state index is 12.6. The average molecular weight is 114 g/mol. The maximum absolute atomic E-state index is 12.6. The van der Waals surface area contributed by atoms with Crippen LogP contribution in [0.5, 0.6) is 0 Å². The zero-order valence-electron chi connectivity index (χ0n) is 4.94. The fourth-order valence-corrected chi connectivity index (χ4v) is 1.84. The third kappa shape index (κ3) is 0.568. The number of fused-ring (bicyclic) bond motifs is 1. The van der Waals surface area contributed by atoms with Crippen LogP contribution in [0.2, 0.25) is 0 Å². The third-order valence-corrected chi connectivity index (χ3v) is 2.50. The van der Waals surface area contributed by atoms with Crippen LogP contribution in [0.4, 0.5) is 4.39 Å². The Hall–Kier alpha value is -0.0700. The lowest BCUT2D eigenvalue weighted by Gasteiger charge is -2.11. The summed E-state index contributed by atoms with van der Waals surface area (Å²) in [5.74, 6) is 1.31. The van der Waals surface area contributed by atoms with Gasteiger partial charge in [0.1, 0.15) is 6.17 Å². The molecule has 2 aliphatic carbocycles. The van der Waals surface area contributed by atoms with E-state index in [9.17, 15) is 4.39 Å². The van der Waals surface area contributed by atoms with E-state index in [1.807, 2.05) is 0 Å². The van der Waals surface area contributed by atoms with Gasteiger partial charge in [-0.2, -0.15) is 0 Å². The van der Waals surface area contributed by atoms with Gasteiger partial charge in [0.15, 0.2) is 0 Å². The minimum absolute atomic E-state index is 0.422. The maximum Gasteiger partial charge on any atom is 0.103 e. The highest BCUT2D eigenvalue weighted by molar-refractivity contribution is 4.94. The van der Waals surface area contributed by atoms with Crippen molar-refractivity contribution in [2.75, 3.05) is 0 Å². The zero-order chi connectivity index (χ0) is 5.56. The van der Waals surface area contributed by atoms with Gasteiger partial charge >= 0.3 is 0 Å². The molecule has 2 rings (SSSR count). The second kappa shape index (κ2) is 1.46. The van der Waals surface area contributed by atoms with Crippen molar-refractivity contribution in [3.05, 3.63) is 0 Å². The van der Waals surface area contributed by atoms with Crippen LogP contribution >= 0.6 is 0 Å². The minimum atomic E-state index is -0.422. The van der Waals surface area contributed by atoms with Crippen LogP contribution in [0, 0.1) is 11.8 Å². The van der Waals surface area contributed by atoms with E-state index in [1.54, 1.807) is 0 Å². The summed E-state index contributed by atoms with van der Waals surface area (Å²) in [5, 5.41) is 0. The van der Waals surface area contributed by atoms with Crippen LogP contribution in [0.25, 0.3) is 0 Å². The van der Waals surface area contributed by atoms with Gasteiger partial charge < -0.3 is 0 Å². The Labute approximate surface area is 49.1 Å². The van der Waals surface area contributed by atoms with Crippen LogP contribution in [0.1, 0.15) is 25.7 Å². The van der Waals surface area contributed by atoms with E-state index < -0.39 is 6.17 Å². The minimum Gasteiger partial charge on any atom is -0.247 e. The SMILES string of the molecule is FC1CCCC2CC12. The van der Waals surface area contributed by atoms with Crippen molar-refractivity contribution in [2.24, 2.45) is 11.8 Å². The monoisotopic (exact) mass is 114 g/mol. The molecule has 0 saturated heterocycles. The molecule has 0 heterocycles. The fourth-order valence-electron chi connectivity index (χ4n) is 1.84. The molecule has 0 aromatic heterocycles. The van der Waals surface area contributed by atoms with Crippen molar-refractivity contribution in [1.82, 2.24) is 0 Å². The Balaban J connectivity index is 1.99. The first kappa shape index (κ1) is 4.78. The molecule has 0 aliphatic heterocycles. The standard InChI is InChI=1S/C7H11F/c8-7-3-1-2-5-4-6(5)7/h5-7H,1-4H2. The van der Waals surface area contributed by atoms with E-state index in [4.69, 9.17) is 0 Å². The van der Waals surface area contributed by atoms with Gasteiger partial charge in [-0.05, 0) is 31.1 Å². The molecule has 0 aromatic carbocycles. The highest BCUT2D eigenvalue weighted by Crippen LogP contribution is 2.50. The summed E-state index contributed by atoms with van der Waals surface area (Å²) >= 11 is 0. The predicted molar refractivity (Wildman–Crippen MR) is 30.3 cm³/mol. The summed E-state index contributed by atoms with van der Waals surface area (Å²) in [5.41, 5.74) is 0. The Morgan fingerprint density at radius 1 is 1.25 bits per heavy atom. The first-order valence-corrected chi connectivity index (χ1v) is 3.52. The van der Waals surface area contributed by atoms with Crippen molar-refractivity contribution in [3.8, 4) is 0 Å². The summed E-state index contributed by atoms with van der Waals surface area (Å²) in [6, 6.07) is 0. The molecule has 2 fully saturated rings. The summed E-state index contributed by atoms with van der Waals surface area (Å²) in [4.78, 5) is 0. The van der Waals surface area contributed by atoms with E-state index >= 15 is 0 Å². The van der Waals surface area contributed by atoms with E-state index in [2.05, 4.69) is 0 Å². The number of hydrogen-bond acceptors (Lipinski definition) is 0. The first-order chi connectivity index (χ1) is 3.88. The van der Waals surface area contributed by atoms with Crippen LogP contribution in [-0.4, -0.2) is 6.17 Å². The van der Waals surface area contributed by atoms with Crippen LogP contribution < -0.4 is 0 Å². The van der Waals surface area contributed by atoms with Crippen LogP contribution in [0.15, 0.2) is 0 Å². The quantitative estimate of drug-likeness (QED) is 0.452. The van der Waals surface area contributed by atoms with Gasteiger partial charge in [0.2, 0.25) is 0 Å². The Morgan fingerprint density at radius 2 is 2.12 bits per heavy atom. The van der Waals surface area contributed by atoms with Gasteiger partial charge in [-0.3, -0.25) is 0 Å². The number of halogens is 1. The van der Waals surface area contributed by atoms with Crippen LogP contribution in [-0.2, 0) is 0 Å². The molecule has 0 aromatic rings. The number of hydrogen-bond donors (Lipinski definition) is 0. The largest absolute Gasteiger partial charge is 0.247 e. The molecule has 3 atom stereocenters. The molecule has 2 aliphatic rings. The molecule has 0 radical (unpaired) electrons. The molecule has 0 amide bonds. The molecular formula is C7H11F.